The molecule has 2 rings (SSSR count). The summed E-state index contributed by atoms with van der Waals surface area (Å²) in [5.41, 5.74) is 0. The van der Waals surface area contributed by atoms with Gasteiger partial charge in [-0.3, -0.25) is 4.79 Å². The fraction of sp³-hybridized carbons (Fsp3) is 0.480. The maximum absolute atomic E-state index is 11.4. The van der Waals surface area contributed by atoms with E-state index in [9.17, 15) is 4.79 Å². The van der Waals surface area contributed by atoms with Crippen LogP contribution in [0.4, 0.5) is 0 Å². The Balaban J connectivity index is 1.44. The second-order valence-corrected chi connectivity index (χ2v) is 10.3. The zero-order valence-corrected chi connectivity index (χ0v) is 19.8. The van der Waals surface area contributed by atoms with Crippen LogP contribution >= 0.6 is 0 Å². The van der Waals surface area contributed by atoms with Crippen LogP contribution < -0.4 is 31.3 Å². The Labute approximate surface area is 186 Å². The molecule has 0 aliphatic heterocycles. The summed E-state index contributed by atoms with van der Waals surface area (Å²) in [7, 11) is 0. The third kappa shape index (κ3) is 11.3. The van der Waals surface area contributed by atoms with E-state index in [0.717, 1.165) is 31.7 Å². The van der Waals surface area contributed by atoms with Crippen molar-refractivity contribution in [1.29, 1.82) is 0 Å². The molecule has 0 heterocycles. The molecule has 0 spiro atoms. The number of hydrogen-bond acceptors (Lipinski definition) is 2. The summed E-state index contributed by atoms with van der Waals surface area (Å²) in [6.45, 7) is 3.51. The van der Waals surface area contributed by atoms with Crippen molar-refractivity contribution in [3.63, 3.8) is 0 Å². The molecule has 0 bridgehead atoms. The van der Waals surface area contributed by atoms with Gasteiger partial charge in [0.15, 0.2) is 0 Å². The molecule has 1 N–H and O–H groups in total. The van der Waals surface area contributed by atoms with Gasteiger partial charge in [0, 0.05) is 13.0 Å². The molecule has 0 unspecified atom stereocenters. The van der Waals surface area contributed by atoms with Crippen molar-refractivity contribution >= 4 is 5.91 Å². The van der Waals surface area contributed by atoms with Crippen molar-refractivity contribution in [1.82, 2.24) is 5.32 Å². The Morgan fingerprint density at radius 2 is 1.38 bits per heavy atom. The first-order valence-electron chi connectivity index (χ1n) is 11.0. The maximum atomic E-state index is 11.4. The van der Waals surface area contributed by atoms with E-state index >= 15 is 0 Å². The Morgan fingerprint density at radius 3 is 2.03 bits per heavy atom. The zero-order valence-electron chi connectivity index (χ0n) is 17.7. The average molecular weight is 508 g/mol. The summed E-state index contributed by atoms with van der Waals surface area (Å²) in [5, 5.41) is 2.85. The third-order valence-electron chi connectivity index (χ3n) is 4.71. The molecule has 1 amide bonds. The van der Waals surface area contributed by atoms with Crippen molar-refractivity contribution in [3.05, 3.63) is 61.7 Å². The van der Waals surface area contributed by atoms with E-state index in [2.05, 4.69) is 59.9 Å². The third-order valence-corrected chi connectivity index (χ3v) is 7.39. The van der Waals surface area contributed by atoms with Gasteiger partial charge in [0.1, 0.15) is 0 Å². The molecule has 0 aliphatic rings. The summed E-state index contributed by atoms with van der Waals surface area (Å²) in [4.78, 5) is 11.4. The Hall–Kier alpha value is -1.56. The molecule has 0 atom stereocenters. The molecule has 0 radical (unpaired) electrons. The average Bonchev–Trinajstić information content (AvgIpc) is 2.74. The molecule has 0 saturated heterocycles. The van der Waals surface area contributed by atoms with Gasteiger partial charge >= 0.3 is 139 Å². The van der Waals surface area contributed by atoms with E-state index in [-0.39, 0.29) is 27.1 Å². The Morgan fingerprint density at radius 1 is 0.793 bits per heavy atom. The van der Waals surface area contributed by atoms with Gasteiger partial charge in [-0.05, 0) is 13.3 Å². The first kappa shape index (κ1) is 23.7. The van der Waals surface area contributed by atoms with Crippen molar-refractivity contribution in [2.75, 3.05) is 13.2 Å². The summed E-state index contributed by atoms with van der Waals surface area (Å²) >= 11 is -0.0951. The number of unbranched alkanes of at least 4 members (excludes halogenated alkanes) is 7. The molecule has 2 aromatic carbocycles. The quantitative estimate of drug-likeness (QED) is 0.297. The van der Waals surface area contributed by atoms with E-state index in [1.54, 1.807) is 0 Å². The van der Waals surface area contributed by atoms with Crippen LogP contribution in [0.5, 0.6) is 5.75 Å². The number of halogens is 1. The second-order valence-electron chi connectivity index (χ2n) is 7.22. The van der Waals surface area contributed by atoms with Crippen LogP contribution in [0.25, 0.3) is 0 Å². The van der Waals surface area contributed by atoms with E-state index in [1.165, 1.54) is 45.7 Å². The van der Waals surface area contributed by atoms with Crippen LogP contribution in [0, 0.1) is 7.14 Å². The van der Waals surface area contributed by atoms with Crippen LogP contribution in [0.15, 0.2) is 54.6 Å². The van der Waals surface area contributed by atoms with E-state index in [4.69, 9.17) is 4.74 Å². The molecule has 0 aliphatic carbocycles. The molecule has 29 heavy (non-hydrogen) atoms. The SMILES string of the molecule is CCNC(=O)CCCCCCCCCCOc1ccc([I-]c2ccccc2)cc1. The first-order valence-corrected chi connectivity index (χ1v) is 13.1. The van der Waals surface area contributed by atoms with Crippen LogP contribution in [-0.4, -0.2) is 19.1 Å². The number of benzene rings is 2. The molecule has 3 nitrogen and oxygen atoms in total. The number of ether oxygens (including phenoxy) is 1. The number of carbonyl (C=O) groups is 1. The molecular formula is C25H35INO2-. The predicted molar refractivity (Wildman–Crippen MR) is 116 cm³/mol. The minimum absolute atomic E-state index is 0.0951. The molecular weight excluding hydrogens is 473 g/mol. The van der Waals surface area contributed by atoms with Crippen molar-refractivity contribution in [2.24, 2.45) is 0 Å². The number of amides is 1. The van der Waals surface area contributed by atoms with E-state index < -0.39 is 0 Å². The summed E-state index contributed by atoms with van der Waals surface area (Å²) in [5.74, 6) is 1.18. The van der Waals surface area contributed by atoms with Crippen molar-refractivity contribution in [3.8, 4) is 5.75 Å². The Kier molecular flexibility index (Phi) is 12.5. The summed E-state index contributed by atoms with van der Waals surface area (Å²) < 4.78 is 8.76. The molecule has 160 valence electrons. The van der Waals surface area contributed by atoms with Crippen LogP contribution in [0.1, 0.15) is 64.7 Å². The zero-order chi connectivity index (χ0) is 20.6. The van der Waals surface area contributed by atoms with Crippen LogP contribution in [0.3, 0.4) is 0 Å². The topological polar surface area (TPSA) is 38.3 Å². The van der Waals surface area contributed by atoms with Crippen LogP contribution in [-0.2, 0) is 4.79 Å². The van der Waals surface area contributed by atoms with Gasteiger partial charge in [0.2, 0.25) is 5.91 Å². The normalized spacial score (nSPS) is 10.8. The van der Waals surface area contributed by atoms with E-state index in [0.29, 0.717) is 6.42 Å². The minimum atomic E-state index is -0.0951. The number of nitrogens with one attached hydrogen (secondary N) is 1. The fourth-order valence-corrected chi connectivity index (χ4v) is 5.33. The van der Waals surface area contributed by atoms with E-state index in [1.807, 2.05) is 6.92 Å². The molecule has 0 fully saturated rings. The molecule has 4 heteroatoms. The van der Waals surface area contributed by atoms with Gasteiger partial charge in [0.25, 0.3) is 0 Å². The van der Waals surface area contributed by atoms with Crippen molar-refractivity contribution in [2.45, 2.75) is 64.7 Å². The monoisotopic (exact) mass is 508 g/mol. The van der Waals surface area contributed by atoms with Gasteiger partial charge in [-0.15, -0.1) is 0 Å². The molecule has 2 aromatic rings. The summed E-state index contributed by atoms with van der Waals surface area (Å²) in [6.07, 6.45) is 10.3. The number of hydrogen-bond donors (Lipinski definition) is 1. The van der Waals surface area contributed by atoms with Gasteiger partial charge < -0.3 is 5.32 Å². The fourth-order valence-electron chi connectivity index (χ4n) is 3.12. The standard InChI is InChI=1S/C25H35INO2/c1-2-27-25(28)16-12-7-5-3-4-6-8-13-21-29-24-19-17-23(18-20-24)26-22-14-10-9-11-15-22/h9-11,14-15,17-20H,2-8,12-13,16,21H2,1H3,(H,27,28)/q-1. The number of carbonyl (C=O) groups excluding carboxylic acids is 1. The Bertz CT molecular complexity index is 673. The second kappa shape index (κ2) is 15.3. The predicted octanol–water partition coefficient (Wildman–Crippen LogP) is 2.84. The van der Waals surface area contributed by atoms with Gasteiger partial charge in [-0.2, -0.15) is 0 Å². The van der Waals surface area contributed by atoms with Gasteiger partial charge in [0.05, 0.1) is 0 Å². The molecule has 0 saturated carbocycles. The van der Waals surface area contributed by atoms with Gasteiger partial charge in [-0.1, -0.05) is 6.42 Å². The van der Waals surface area contributed by atoms with Gasteiger partial charge in [-0.25, -0.2) is 0 Å². The molecule has 0 aromatic heterocycles. The van der Waals surface area contributed by atoms with Crippen LogP contribution in [0.2, 0.25) is 0 Å². The van der Waals surface area contributed by atoms with Crippen molar-refractivity contribution < 1.29 is 30.7 Å². The first-order chi connectivity index (χ1) is 14.3. The number of rotatable bonds is 15. The summed E-state index contributed by atoms with van der Waals surface area (Å²) in [6, 6.07) is 19.4.